The predicted octanol–water partition coefficient (Wildman–Crippen LogP) is 2.08. The molecule has 1 fully saturated rings. The number of amides is 3. The molecule has 1 heterocycles. The van der Waals surface area contributed by atoms with Crippen molar-refractivity contribution in [1.29, 1.82) is 0 Å². The first-order chi connectivity index (χ1) is 12.6. The van der Waals surface area contributed by atoms with Crippen LogP contribution < -0.4 is 5.32 Å². The van der Waals surface area contributed by atoms with Gasteiger partial charge in [0.25, 0.3) is 0 Å². The molecule has 1 aliphatic heterocycles. The molecule has 1 aromatic carbocycles. The summed E-state index contributed by atoms with van der Waals surface area (Å²) in [7, 11) is 3.30. The minimum Gasteiger partial charge on any atom is -0.387 e. The minimum atomic E-state index is -1.19. The number of carbonyl (C=O) groups excluding carboxylic acids is 2. The summed E-state index contributed by atoms with van der Waals surface area (Å²) in [4.78, 5) is 27.6. The maximum absolute atomic E-state index is 13.2. The fourth-order valence-electron chi connectivity index (χ4n) is 3.44. The number of hydrogen-bond donors (Lipinski definition) is 2. The first-order valence-corrected chi connectivity index (χ1v) is 9.33. The van der Waals surface area contributed by atoms with Crippen LogP contribution in [0, 0.1) is 12.7 Å². The molecule has 0 aliphatic carbocycles. The number of halogens is 1. The number of benzene rings is 1. The van der Waals surface area contributed by atoms with Crippen LogP contribution in [0.5, 0.6) is 0 Å². The number of hydrogen-bond acceptors (Lipinski definition) is 3. The smallest absolute Gasteiger partial charge is 0.317 e. The van der Waals surface area contributed by atoms with E-state index in [1.807, 2.05) is 13.8 Å². The van der Waals surface area contributed by atoms with Gasteiger partial charge in [0.05, 0.1) is 18.6 Å². The Kier molecular flexibility index (Phi) is 6.81. The molecule has 2 rings (SSSR count). The maximum Gasteiger partial charge on any atom is 0.317 e. The van der Waals surface area contributed by atoms with E-state index in [2.05, 4.69) is 5.32 Å². The Morgan fingerprint density at radius 3 is 2.74 bits per heavy atom. The summed E-state index contributed by atoms with van der Waals surface area (Å²) in [5, 5.41) is 13.7. The maximum atomic E-state index is 13.2. The van der Waals surface area contributed by atoms with Crippen LogP contribution in [-0.2, 0) is 11.2 Å². The summed E-state index contributed by atoms with van der Waals surface area (Å²) in [5.74, 6) is -0.423. The van der Waals surface area contributed by atoms with Crippen molar-refractivity contribution in [1.82, 2.24) is 15.1 Å². The van der Waals surface area contributed by atoms with Gasteiger partial charge in [-0.3, -0.25) is 4.79 Å². The number of carbonyl (C=O) groups is 2. The lowest BCUT2D eigenvalue weighted by Gasteiger charge is -2.39. The van der Waals surface area contributed by atoms with Crippen molar-refractivity contribution in [3.63, 3.8) is 0 Å². The van der Waals surface area contributed by atoms with Gasteiger partial charge in [0, 0.05) is 26.7 Å². The van der Waals surface area contributed by atoms with E-state index in [9.17, 15) is 19.1 Å². The highest BCUT2D eigenvalue weighted by atomic mass is 19.1. The van der Waals surface area contributed by atoms with Crippen LogP contribution in [0.15, 0.2) is 18.2 Å². The normalized spacial score (nSPS) is 20.9. The van der Waals surface area contributed by atoms with E-state index in [1.165, 1.54) is 17.0 Å². The number of piperidine rings is 1. The molecule has 7 heteroatoms. The minimum absolute atomic E-state index is 0.00804. The number of urea groups is 1. The Bertz CT molecular complexity index is 695. The van der Waals surface area contributed by atoms with Crippen LogP contribution in [0.4, 0.5) is 9.18 Å². The van der Waals surface area contributed by atoms with Crippen LogP contribution in [0.3, 0.4) is 0 Å². The number of rotatable bonds is 5. The van der Waals surface area contributed by atoms with Gasteiger partial charge in [-0.15, -0.1) is 0 Å². The molecule has 1 saturated heterocycles. The van der Waals surface area contributed by atoms with E-state index in [4.69, 9.17) is 0 Å². The molecule has 2 atom stereocenters. The van der Waals surface area contributed by atoms with Crippen molar-refractivity contribution in [3.8, 4) is 0 Å². The van der Waals surface area contributed by atoms with Crippen molar-refractivity contribution in [2.75, 3.05) is 27.2 Å². The summed E-state index contributed by atoms with van der Waals surface area (Å²) >= 11 is 0. The van der Waals surface area contributed by atoms with Gasteiger partial charge < -0.3 is 20.2 Å². The third-order valence-corrected chi connectivity index (χ3v) is 5.02. The van der Waals surface area contributed by atoms with Crippen molar-refractivity contribution in [2.24, 2.45) is 0 Å². The zero-order valence-electron chi connectivity index (χ0n) is 16.6. The summed E-state index contributed by atoms with van der Waals surface area (Å²) < 4.78 is 13.2. The average Bonchev–Trinajstić information content (AvgIpc) is 2.57. The third-order valence-electron chi connectivity index (χ3n) is 5.02. The summed E-state index contributed by atoms with van der Waals surface area (Å²) in [6.45, 7) is 4.43. The Hall–Kier alpha value is -2.15. The van der Waals surface area contributed by atoms with Crippen molar-refractivity contribution >= 4 is 11.9 Å². The van der Waals surface area contributed by atoms with E-state index in [1.54, 1.807) is 25.1 Å². The molecule has 0 bridgehead atoms. The van der Waals surface area contributed by atoms with Crippen LogP contribution in [0.1, 0.15) is 37.3 Å². The Morgan fingerprint density at radius 1 is 1.41 bits per heavy atom. The molecule has 6 nitrogen and oxygen atoms in total. The summed E-state index contributed by atoms with van der Waals surface area (Å²) in [5.41, 5.74) is 0.648. The van der Waals surface area contributed by atoms with Crippen molar-refractivity contribution < 1.29 is 19.1 Å². The van der Waals surface area contributed by atoms with E-state index >= 15 is 0 Å². The third kappa shape index (κ3) is 5.92. The molecule has 1 aliphatic rings. The van der Waals surface area contributed by atoms with Crippen molar-refractivity contribution in [3.05, 3.63) is 35.1 Å². The molecule has 150 valence electrons. The first kappa shape index (κ1) is 21.2. The lowest BCUT2D eigenvalue weighted by atomic mass is 9.89. The monoisotopic (exact) mass is 379 g/mol. The van der Waals surface area contributed by atoms with E-state index in [0.717, 1.165) is 11.1 Å². The zero-order valence-corrected chi connectivity index (χ0v) is 16.6. The fraction of sp³-hybridized carbons (Fsp3) is 0.600. The van der Waals surface area contributed by atoms with Gasteiger partial charge >= 0.3 is 6.03 Å². The number of nitrogens with zero attached hydrogens (tertiary/aromatic N) is 2. The Labute approximate surface area is 160 Å². The average molecular weight is 379 g/mol. The zero-order chi connectivity index (χ0) is 20.2. The fourth-order valence-corrected chi connectivity index (χ4v) is 3.44. The Balaban J connectivity index is 1.93. The van der Waals surface area contributed by atoms with Gasteiger partial charge in [-0.05, 0) is 56.4 Å². The molecule has 0 saturated carbocycles. The molecule has 27 heavy (non-hydrogen) atoms. The van der Waals surface area contributed by atoms with E-state index in [0.29, 0.717) is 25.8 Å². The van der Waals surface area contributed by atoms with Gasteiger partial charge in [0.2, 0.25) is 5.91 Å². The highest BCUT2D eigenvalue weighted by molar-refractivity contribution is 5.77. The molecule has 0 radical (unpaired) electrons. The lowest BCUT2D eigenvalue weighted by molar-refractivity contribution is -0.135. The molecule has 3 amide bonds. The largest absolute Gasteiger partial charge is 0.387 e. The number of β-amino-alcohol motifs (C(OH)–C–C–N with tert-alkyl or cyclic N) is 1. The van der Waals surface area contributed by atoms with Crippen LogP contribution in [-0.4, -0.2) is 65.7 Å². The van der Waals surface area contributed by atoms with Gasteiger partial charge in [-0.2, -0.15) is 0 Å². The number of nitrogens with one attached hydrogen (secondary N) is 1. The molecule has 0 spiro atoms. The number of aliphatic hydroxyl groups is 1. The SMILES string of the molecule is Cc1cc(F)ccc1CC(C)NC(=O)N1CCCC(O)(CC(=O)N(C)C)C1. The van der Waals surface area contributed by atoms with Crippen LogP contribution >= 0.6 is 0 Å². The summed E-state index contributed by atoms with van der Waals surface area (Å²) in [6.07, 6.45) is 1.75. The number of aryl methyl sites for hydroxylation is 1. The topological polar surface area (TPSA) is 72.9 Å². The second-order valence-corrected chi connectivity index (χ2v) is 7.84. The van der Waals surface area contributed by atoms with Crippen LogP contribution in [0.25, 0.3) is 0 Å². The summed E-state index contributed by atoms with van der Waals surface area (Å²) in [6, 6.07) is 4.25. The molecule has 0 aromatic heterocycles. The van der Waals surface area contributed by atoms with Crippen molar-refractivity contribution in [2.45, 2.75) is 51.2 Å². The van der Waals surface area contributed by atoms with Gasteiger partial charge in [0.1, 0.15) is 5.82 Å². The molecule has 2 N–H and O–H groups in total. The highest BCUT2D eigenvalue weighted by Crippen LogP contribution is 2.25. The molecular formula is C20H30FN3O3. The van der Waals surface area contributed by atoms with Gasteiger partial charge in [-0.25, -0.2) is 9.18 Å². The molecule has 1 aromatic rings. The van der Waals surface area contributed by atoms with Crippen LogP contribution in [0.2, 0.25) is 0 Å². The van der Waals surface area contributed by atoms with E-state index in [-0.39, 0.29) is 36.8 Å². The predicted molar refractivity (Wildman–Crippen MR) is 102 cm³/mol. The molecule has 2 unspecified atom stereocenters. The quantitative estimate of drug-likeness (QED) is 0.823. The second-order valence-electron chi connectivity index (χ2n) is 7.84. The lowest BCUT2D eigenvalue weighted by Crippen LogP contribution is -2.55. The second kappa shape index (κ2) is 8.69. The Morgan fingerprint density at radius 2 is 2.11 bits per heavy atom. The standard InChI is InChI=1S/C20H30FN3O3/c1-14-10-17(21)7-6-16(14)11-15(2)22-19(26)24-9-5-8-20(27,13-24)12-18(25)23(3)4/h6-7,10,15,27H,5,8-9,11-13H2,1-4H3,(H,22,26). The number of likely N-dealkylation sites (tertiary alicyclic amines) is 1. The van der Waals surface area contributed by atoms with Gasteiger partial charge in [0.15, 0.2) is 0 Å². The van der Waals surface area contributed by atoms with Gasteiger partial charge in [-0.1, -0.05) is 6.07 Å². The first-order valence-electron chi connectivity index (χ1n) is 9.33. The molecular weight excluding hydrogens is 349 g/mol. The highest BCUT2D eigenvalue weighted by Gasteiger charge is 2.37. The van der Waals surface area contributed by atoms with E-state index < -0.39 is 5.60 Å².